The van der Waals surface area contributed by atoms with Crippen molar-refractivity contribution < 1.29 is 4.79 Å². The lowest BCUT2D eigenvalue weighted by molar-refractivity contribution is -0.127. The van der Waals surface area contributed by atoms with E-state index in [9.17, 15) is 4.79 Å². The zero-order chi connectivity index (χ0) is 12.0. The molecule has 1 heteroatoms. The Labute approximate surface area is 101 Å². The molecule has 16 heavy (non-hydrogen) atoms. The van der Waals surface area contributed by atoms with E-state index in [0.717, 1.165) is 12.8 Å². The fourth-order valence-electron chi connectivity index (χ4n) is 3.28. The topological polar surface area (TPSA) is 17.1 Å². The summed E-state index contributed by atoms with van der Waals surface area (Å²) in [4.78, 5) is 12.3. The van der Waals surface area contributed by atoms with Crippen LogP contribution < -0.4 is 0 Å². The van der Waals surface area contributed by atoms with Gasteiger partial charge in [-0.15, -0.1) is 0 Å². The van der Waals surface area contributed by atoms with Crippen LogP contribution >= 0.6 is 0 Å². The molecule has 0 saturated heterocycles. The van der Waals surface area contributed by atoms with Crippen LogP contribution in [0.25, 0.3) is 0 Å². The van der Waals surface area contributed by atoms with Crippen LogP contribution in [0.2, 0.25) is 0 Å². The maximum Gasteiger partial charge on any atom is 0.136 e. The van der Waals surface area contributed by atoms with E-state index in [-0.39, 0.29) is 0 Å². The predicted molar refractivity (Wildman–Crippen MR) is 69.4 cm³/mol. The number of rotatable bonds is 6. The Balaban J connectivity index is 2.48. The summed E-state index contributed by atoms with van der Waals surface area (Å²) >= 11 is 0. The summed E-state index contributed by atoms with van der Waals surface area (Å²) < 4.78 is 0. The zero-order valence-corrected chi connectivity index (χ0v) is 11.3. The van der Waals surface area contributed by atoms with Crippen LogP contribution in [-0.4, -0.2) is 5.78 Å². The molecule has 0 aromatic rings. The average molecular weight is 224 g/mol. The Bertz CT molecular complexity index is 209. The van der Waals surface area contributed by atoms with Crippen molar-refractivity contribution in [2.45, 2.75) is 72.1 Å². The lowest BCUT2D eigenvalue weighted by atomic mass is 9.69. The largest absolute Gasteiger partial charge is 0.299 e. The van der Waals surface area contributed by atoms with Gasteiger partial charge in [0.2, 0.25) is 0 Å². The lowest BCUT2D eigenvalue weighted by Gasteiger charge is -2.35. The quantitative estimate of drug-likeness (QED) is 0.603. The zero-order valence-electron chi connectivity index (χ0n) is 11.3. The summed E-state index contributed by atoms with van der Waals surface area (Å²) in [6, 6.07) is 0. The van der Waals surface area contributed by atoms with E-state index in [1.165, 1.54) is 38.5 Å². The minimum atomic E-state index is 0.385. The first kappa shape index (κ1) is 13.7. The smallest absolute Gasteiger partial charge is 0.136 e. The SMILES string of the molecule is CCCCCC(=O)C1C(C)CCCC1CC. The molecule has 0 N–H and O–H groups in total. The van der Waals surface area contributed by atoms with Crippen LogP contribution in [0.4, 0.5) is 0 Å². The van der Waals surface area contributed by atoms with Gasteiger partial charge in [-0.05, 0) is 24.7 Å². The molecule has 0 bridgehead atoms. The van der Waals surface area contributed by atoms with Crippen LogP contribution in [0.15, 0.2) is 0 Å². The number of carbonyl (C=O) groups excluding carboxylic acids is 1. The van der Waals surface area contributed by atoms with Crippen molar-refractivity contribution >= 4 is 5.78 Å². The van der Waals surface area contributed by atoms with Gasteiger partial charge >= 0.3 is 0 Å². The van der Waals surface area contributed by atoms with Gasteiger partial charge in [0.05, 0.1) is 0 Å². The standard InChI is InChI=1S/C15H28O/c1-4-6-7-11-14(16)15-12(3)9-8-10-13(15)5-2/h12-13,15H,4-11H2,1-3H3. The maximum absolute atomic E-state index is 12.3. The van der Waals surface area contributed by atoms with Crippen LogP contribution in [0, 0.1) is 17.8 Å². The molecule has 94 valence electrons. The number of hydrogen-bond donors (Lipinski definition) is 0. The normalized spacial score (nSPS) is 30.3. The Morgan fingerprint density at radius 2 is 1.94 bits per heavy atom. The van der Waals surface area contributed by atoms with Crippen molar-refractivity contribution in [3.63, 3.8) is 0 Å². The summed E-state index contributed by atoms with van der Waals surface area (Å²) in [6.07, 6.45) is 9.43. The van der Waals surface area contributed by atoms with E-state index < -0.39 is 0 Å². The van der Waals surface area contributed by atoms with E-state index in [2.05, 4.69) is 20.8 Å². The number of carbonyl (C=O) groups is 1. The first-order chi connectivity index (χ1) is 7.70. The van der Waals surface area contributed by atoms with Gasteiger partial charge < -0.3 is 0 Å². The van der Waals surface area contributed by atoms with Crippen molar-refractivity contribution in [3.8, 4) is 0 Å². The Hall–Kier alpha value is -0.330. The Morgan fingerprint density at radius 3 is 2.56 bits per heavy atom. The van der Waals surface area contributed by atoms with Gasteiger partial charge in [0.25, 0.3) is 0 Å². The summed E-state index contributed by atoms with van der Waals surface area (Å²) in [7, 11) is 0. The van der Waals surface area contributed by atoms with Crippen LogP contribution in [0.3, 0.4) is 0 Å². The third-order valence-corrected chi connectivity index (χ3v) is 4.28. The average Bonchev–Trinajstić information content (AvgIpc) is 2.28. The van der Waals surface area contributed by atoms with Crippen LogP contribution in [0.5, 0.6) is 0 Å². The van der Waals surface area contributed by atoms with E-state index in [1.54, 1.807) is 0 Å². The molecule has 0 aromatic carbocycles. The molecule has 1 aliphatic carbocycles. The monoisotopic (exact) mass is 224 g/mol. The third kappa shape index (κ3) is 3.61. The third-order valence-electron chi connectivity index (χ3n) is 4.28. The number of Topliss-reactive ketones (excluding diaryl/α,β-unsaturated/α-hetero) is 1. The molecule has 1 aliphatic rings. The first-order valence-corrected chi connectivity index (χ1v) is 7.23. The molecule has 0 amide bonds. The summed E-state index contributed by atoms with van der Waals surface area (Å²) in [5.74, 6) is 2.26. The fourth-order valence-corrected chi connectivity index (χ4v) is 3.28. The fraction of sp³-hybridized carbons (Fsp3) is 0.933. The second-order valence-corrected chi connectivity index (χ2v) is 5.53. The van der Waals surface area contributed by atoms with Crippen molar-refractivity contribution in [2.75, 3.05) is 0 Å². The molecular formula is C15H28O. The van der Waals surface area contributed by atoms with E-state index in [1.807, 2.05) is 0 Å². The molecule has 1 fully saturated rings. The minimum Gasteiger partial charge on any atom is -0.299 e. The predicted octanol–water partition coefficient (Wildman–Crippen LogP) is 4.60. The molecule has 0 radical (unpaired) electrons. The lowest BCUT2D eigenvalue weighted by Crippen LogP contribution is -2.33. The molecule has 3 atom stereocenters. The van der Waals surface area contributed by atoms with Gasteiger partial charge in [0.1, 0.15) is 5.78 Å². The van der Waals surface area contributed by atoms with Crippen molar-refractivity contribution in [3.05, 3.63) is 0 Å². The molecule has 0 aromatic heterocycles. The Morgan fingerprint density at radius 1 is 1.19 bits per heavy atom. The summed E-state index contributed by atoms with van der Waals surface area (Å²) in [5, 5.41) is 0. The van der Waals surface area contributed by atoms with E-state index in [4.69, 9.17) is 0 Å². The highest BCUT2D eigenvalue weighted by Gasteiger charge is 2.33. The second kappa shape index (κ2) is 7.09. The summed E-state index contributed by atoms with van der Waals surface area (Å²) in [6.45, 7) is 6.72. The minimum absolute atomic E-state index is 0.385. The number of unbranched alkanes of at least 4 members (excludes halogenated alkanes) is 2. The molecule has 1 rings (SSSR count). The highest BCUT2D eigenvalue weighted by molar-refractivity contribution is 5.81. The highest BCUT2D eigenvalue weighted by Crippen LogP contribution is 2.37. The van der Waals surface area contributed by atoms with Gasteiger partial charge in [-0.2, -0.15) is 0 Å². The molecule has 1 nitrogen and oxygen atoms in total. The molecule has 1 saturated carbocycles. The van der Waals surface area contributed by atoms with Crippen molar-refractivity contribution in [1.82, 2.24) is 0 Å². The van der Waals surface area contributed by atoms with Crippen LogP contribution in [-0.2, 0) is 4.79 Å². The molecule has 3 unspecified atom stereocenters. The number of hydrogen-bond acceptors (Lipinski definition) is 1. The van der Waals surface area contributed by atoms with Gasteiger partial charge in [-0.3, -0.25) is 4.79 Å². The first-order valence-electron chi connectivity index (χ1n) is 7.23. The molecule has 0 heterocycles. The molecule has 0 spiro atoms. The van der Waals surface area contributed by atoms with Gasteiger partial charge in [0, 0.05) is 12.3 Å². The Kier molecular flexibility index (Phi) is 6.08. The second-order valence-electron chi connectivity index (χ2n) is 5.53. The molecule has 0 aliphatic heterocycles. The van der Waals surface area contributed by atoms with Gasteiger partial charge in [-0.25, -0.2) is 0 Å². The van der Waals surface area contributed by atoms with Gasteiger partial charge in [-0.1, -0.05) is 52.9 Å². The van der Waals surface area contributed by atoms with Crippen molar-refractivity contribution in [1.29, 1.82) is 0 Å². The maximum atomic E-state index is 12.3. The van der Waals surface area contributed by atoms with Gasteiger partial charge in [0.15, 0.2) is 0 Å². The molecular weight excluding hydrogens is 196 g/mol. The van der Waals surface area contributed by atoms with E-state index >= 15 is 0 Å². The van der Waals surface area contributed by atoms with Crippen LogP contribution in [0.1, 0.15) is 72.1 Å². The number of ketones is 1. The van der Waals surface area contributed by atoms with Crippen molar-refractivity contribution in [2.24, 2.45) is 17.8 Å². The summed E-state index contributed by atoms with van der Waals surface area (Å²) in [5.41, 5.74) is 0. The highest BCUT2D eigenvalue weighted by atomic mass is 16.1. The van der Waals surface area contributed by atoms with E-state index in [0.29, 0.717) is 23.5 Å².